The molecule has 0 saturated carbocycles. The molecule has 1 saturated heterocycles. The highest BCUT2D eigenvalue weighted by Gasteiger charge is 2.47. The summed E-state index contributed by atoms with van der Waals surface area (Å²) in [7, 11) is 0. The highest BCUT2D eigenvalue weighted by Crippen LogP contribution is 2.39. The average molecular weight is 484 g/mol. The van der Waals surface area contributed by atoms with Crippen molar-refractivity contribution in [3.05, 3.63) is 94.9 Å². The van der Waals surface area contributed by atoms with E-state index in [1.807, 2.05) is 34.9 Å². The van der Waals surface area contributed by atoms with E-state index in [4.69, 9.17) is 11.3 Å². The van der Waals surface area contributed by atoms with Crippen LogP contribution in [0.15, 0.2) is 61.2 Å². The number of nitrogens with one attached hydrogen (secondary N) is 1. The maximum Gasteiger partial charge on any atom is 0.416 e. The Balaban J connectivity index is 1.58. The third kappa shape index (κ3) is 5.24. The van der Waals surface area contributed by atoms with Gasteiger partial charge in [-0.3, -0.25) is 0 Å². The summed E-state index contributed by atoms with van der Waals surface area (Å²) < 4.78 is 48.2. The highest BCUT2D eigenvalue weighted by molar-refractivity contribution is 5.32. The molecule has 1 aliphatic heterocycles. The number of alkyl halides is 3. The molecule has 0 spiro atoms. The lowest BCUT2D eigenvalue weighted by molar-refractivity contribution is -0.137. The lowest BCUT2D eigenvalue weighted by Crippen LogP contribution is -2.59. The number of piperidine rings is 1. The van der Waals surface area contributed by atoms with Crippen molar-refractivity contribution in [2.45, 2.75) is 50.0 Å². The van der Waals surface area contributed by atoms with Crippen LogP contribution in [0.5, 0.6) is 0 Å². The van der Waals surface area contributed by atoms with Crippen LogP contribution in [0, 0.1) is 13.5 Å². The van der Waals surface area contributed by atoms with E-state index in [0.717, 1.165) is 17.7 Å². The predicted octanol–water partition coefficient (Wildman–Crippen LogP) is 5.28. The van der Waals surface area contributed by atoms with Crippen LogP contribution < -0.4 is 5.32 Å². The Kier molecular flexibility index (Phi) is 6.97. The molecule has 3 aromatic rings. The number of hydrogen-bond donors (Lipinski definition) is 1. The molecule has 3 atom stereocenters. The van der Waals surface area contributed by atoms with Crippen molar-refractivity contribution >= 4 is 0 Å². The highest BCUT2D eigenvalue weighted by atomic mass is 19.4. The number of aromatic nitrogens is 3. The lowest BCUT2D eigenvalue weighted by Gasteiger charge is -2.46. The fourth-order valence-electron chi connectivity index (χ4n) is 4.77. The van der Waals surface area contributed by atoms with Gasteiger partial charge in [0, 0.05) is 6.54 Å². The number of aryl methyl sites for hydroxylation is 1. The van der Waals surface area contributed by atoms with Gasteiger partial charge < -0.3 is 19.5 Å². The largest absolute Gasteiger partial charge is 0.416 e. The molecule has 0 unspecified atom stereocenters. The van der Waals surface area contributed by atoms with Gasteiger partial charge in [-0.1, -0.05) is 42.0 Å². The van der Waals surface area contributed by atoms with E-state index < -0.39 is 28.9 Å². The SMILES string of the molecule is [C-]#[N+]C[C@]1(n2cnnc2)CC[C@@](CO[C@H](C)c2cc(C)cc(C(F)(F)F)c2)(c2ccccc2)NC1. The smallest absolute Gasteiger partial charge is 0.372 e. The Hall–Kier alpha value is -3.22. The number of nitrogens with zero attached hydrogens (tertiary/aromatic N) is 4. The maximum absolute atomic E-state index is 13.3. The minimum Gasteiger partial charge on any atom is -0.372 e. The Morgan fingerprint density at radius 2 is 1.86 bits per heavy atom. The minimum absolute atomic E-state index is 0.268. The van der Waals surface area contributed by atoms with E-state index >= 15 is 0 Å². The van der Waals surface area contributed by atoms with Gasteiger partial charge in [0.05, 0.1) is 23.8 Å². The van der Waals surface area contributed by atoms with Gasteiger partial charge in [-0.15, -0.1) is 10.2 Å². The number of benzene rings is 2. The molecule has 6 nitrogen and oxygen atoms in total. The normalized spacial score (nSPS) is 23.5. The van der Waals surface area contributed by atoms with Crippen molar-refractivity contribution in [2.75, 3.05) is 19.7 Å². The molecule has 0 radical (unpaired) electrons. The summed E-state index contributed by atoms with van der Waals surface area (Å²) >= 11 is 0. The Bertz CT molecular complexity index is 1160. The van der Waals surface area contributed by atoms with Crippen LogP contribution in [0.1, 0.15) is 48.1 Å². The number of hydrogen-bond acceptors (Lipinski definition) is 4. The number of ether oxygens (including phenoxy) is 1. The van der Waals surface area contributed by atoms with Crippen LogP contribution >= 0.6 is 0 Å². The van der Waals surface area contributed by atoms with Crippen molar-refractivity contribution in [1.29, 1.82) is 0 Å². The molecule has 184 valence electrons. The van der Waals surface area contributed by atoms with Gasteiger partial charge in [-0.25, -0.2) is 6.57 Å². The van der Waals surface area contributed by atoms with Crippen LogP contribution in [-0.4, -0.2) is 34.5 Å². The third-order valence-corrected chi connectivity index (χ3v) is 6.92. The van der Waals surface area contributed by atoms with Gasteiger partial charge in [-0.2, -0.15) is 13.2 Å². The fourth-order valence-corrected chi connectivity index (χ4v) is 4.77. The standard InChI is InChI=1S/C26H28F3N5O/c1-19-11-21(13-23(12-19)26(27,28)29)20(2)35-16-25(22-7-5-4-6-8-22)10-9-24(14-30-3,15-31-25)34-17-32-33-18-34/h4-8,11-13,17-18,20,31H,9-10,14-16H2,1-2H3/t20-,24-,25-/m1/s1. The van der Waals surface area contributed by atoms with Crippen molar-refractivity contribution in [3.8, 4) is 0 Å². The van der Waals surface area contributed by atoms with E-state index in [0.29, 0.717) is 30.5 Å². The molecule has 0 bridgehead atoms. The van der Waals surface area contributed by atoms with Gasteiger partial charge in [0.25, 0.3) is 0 Å². The van der Waals surface area contributed by atoms with Crippen LogP contribution in [0.3, 0.4) is 0 Å². The van der Waals surface area contributed by atoms with E-state index in [-0.39, 0.29) is 13.2 Å². The second kappa shape index (κ2) is 9.80. The van der Waals surface area contributed by atoms with E-state index in [9.17, 15) is 13.2 Å². The first-order valence-electron chi connectivity index (χ1n) is 11.5. The van der Waals surface area contributed by atoms with E-state index in [2.05, 4.69) is 20.4 Å². The minimum atomic E-state index is -4.41. The summed E-state index contributed by atoms with van der Waals surface area (Å²) in [4.78, 5) is 3.67. The van der Waals surface area contributed by atoms with Crippen LogP contribution in [0.2, 0.25) is 0 Å². The zero-order valence-corrected chi connectivity index (χ0v) is 19.7. The molecule has 1 N–H and O–H groups in total. The Labute approximate surface area is 203 Å². The molecular formula is C26H28F3N5O. The summed E-state index contributed by atoms with van der Waals surface area (Å²) in [5.74, 6) is 0. The fraction of sp³-hybridized carbons (Fsp3) is 0.423. The second-order valence-corrected chi connectivity index (χ2v) is 9.29. The summed E-state index contributed by atoms with van der Waals surface area (Å²) in [5, 5.41) is 11.5. The molecule has 4 rings (SSSR count). The molecule has 1 fully saturated rings. The van der Waals surface area contributed by atoms with Crippen molar-refractivity contribution < 1.29 is 17.9 Å². The molecule has 0 amide bonds. The van der Waals surface area contributed by atoms with Crippen molar-refractivity contribution in [2.24, 2.45) is 0 Å². The van der Waals surface area contributed by atoms with Crippen molar-refractivity contribution in [3.63, 3.8) is 0 Å². The summed E-state index contributed by atoms with van der Waals surface area (Å²) in [5.41, 5.74) is 0.362. The topological polar surface area (TPSA) is 56.3 Å². The first kappa shape index (κ1) is 24.9. The zero-order valence-electron chi connectivity index (χ0n) is 19.7. The first-order valence-corrected chi connectivity index (χ1v) is 11.5. The molecule has 2 heterocycles. The van der Waals surface area contributed by atoms with E-state index in [1.165, 1.54) is 0 Å². The molecule has 2 aromatic carbocycles. The number of rotatable bonds is 7. The van der Waals surface area contributed by atoms with Crippen LogP contribution in [0.4, 0.5) is 13.2 Å². The van der Waals surface area contributed by atoms with Gasteiger partial charge in [0.1, 0.15) is 18.2 Å². The second-order valence-electron chi connectivity index (χ2n) is 9.29. The monoisotopic (exact) mass is 483 g/mol. The molecule has 1 aromatic heterocycles. The van der Waals surface area contributed by atoms with Crippen LogP contribution in [-0.2, 0) is 22.0 Å². The quantitative estimate of drug-likeness (QED) is 0.465. The predicted molar refractivity (Wildman–Crippen MR) is 125 cm³/mol. The summed E-state index contributed by atoms with van der Waals surface area (Å²) in [6.45, 7) is 12.0. The maximum atomic E-state index is 13.3. The van der Waals surface area contributed by atoms with Gasteiger partial charge in [0.15, 0.2) is 0 Å². The van der Waals surface area contributed by atoms with Gasteiger partial charge in [-0.05, 0) is 49.9 Å². The summed E-state index contributed by atoms with van der Waals surface area (Å²) in [6, 6.07) is 13.9. The molecule has 35 heavy (non-hydrogen) atoms. The Morgan fingerprint density at radius 1 is 1.14 bits per heavy atom. The molecular weight excluding hydrogens is 455 g/mol. The van der Waals surface area contributed by atoms with Gasteiger partial charge >= 0.3 is 6.18 Å². The van der Waals surface area contributed by atoms with Crippen molar-refractivity contribution in [1.82, 2.24) is 20.1 Å². The zero-order chi connectivity index (χ0) is 25.1. The Morgan fingerprint density at radius 3 is 2.46 bits per heavy atom. The molecule has 9 heteroatoms. The molecule has 0 aliphatic carbocycles. The summed E-state index contributed by atoms with van der Waals surface area (Å²) in [6.07, 6.45) is -0.320. The van der Waals surface area contributed by atoms with E-state index in [1.54, 1.807) is 32.6 Å². The average Bonchev–Trinajstić information content (AvgIpc) is 3.39. The lowest BCUT2D eigenvalue weighted by atomic mass is 9.76. The van der Waals surface area contributed by atoms with Crippen LogP contribution in [0.25, 0.3) is 4.85 Å². The number of halogens is 3. The molecule has 1 aliphatic rings. The first-order chi connectivity index (χ1) is 16.7. The van der Waals surface area contributed by atoms with Gasteiger partial charge in [0.2, 0.25) is 6.54 Å². The third-order valence-electron chi connectivity index (χ3n) is 6.92.